The number of carboxylic acid groups (broad SMARTS) is 1. The van der Waals surface area contributed by atoms with Gasteiger partial charge in [0.25, 0.3) is 0 Å². The first kappa shape index (κ1) is 33.1. The molecule has 6 aliphatic rings. The molecule has 3 N–H and O–H groups in total. The zero-order valence-electron chi connectivity index (χ0n) is 29.4. The maximum atomic E-state index is 13.9. The van der Waals surface area contributed by atoms with Crippen LogP contribution in [0.2, 0.25) is 0 Å². The molecule has 2 amide bonds. The molecule has 9 atom stereocenters. The highest BCUT2D eigenvalue weighted by Gasteiger charge is 2.68. The Bertz CT molecular complexity index is 1390. The van der Waals surface area contributed by atoms with Crippen LogP contribution in [0.3, 0.4) is 0 Å². The van der Waals surface area contributed by atoms with Gasteiger partial charge in [-0.3, -0.25) is 4.90 Å². The summed E-state index contributed by atoms with van der Waals surface area (Å²) in [7, 11) is 0. The zero-order valence-corrected chi connectivity index (χ0v) is 29.4. The molecule has 1 saturated heterocycles. The number of urea groups is 1. The van der Waals surface area contributed by atoms with Crippen molar-refractivity contribution in [3.63, 3.8) is 0 Å². The van der Waals surface area contributed by atoms with Crippen LogP contribution in [-0.4, -0.2) is 76.9 Å². The molecule has 258 valence electrons. The Labute approximate surface area is 282 Å². The third kappa shape index (κ3) is 5.19. The van der Waals surface area contributed by atoms with E-state index < -0.39 is 5.97 Å². The lowest BCUT2D eigenvalue weighted by Gasteiger charge is -2.71. The van der Waals surface area contributed by atoms with Gasteiger partial charge in [0.15, 0.2) is 0 Å². The summed E-state index contributed by atoms with van der Waals surface area (Å²) in [4.78, 5) is 29.7. The van der Waals surface area contributed by atoms with E-state index in [1.165, 1.54) is 56.1 Å². The number of fused-ring (bicyclic) bond motifs is 7. The molecule has 7 nitrogen and oxygen atoms in total. The smallest absolute Gasteiger partial charge is 0.335 e. The van der Waals surface area contributed by atoms with Crippen LogP contribution in [0, 0.1) is 45.8 Å². The molecule has 0 bridgehead atoms. The normalized spacial score (nSPS) is 41.9. The van der Waals surface area contributed by atoms with E-state index in [4.69, 9.17) is 0 Å². The second-order valence-corrected chi connectivity index (χ2v) is 17.2. The van der Waals surface area contributed by atoms with Gasteiger partial charge in [0.1, 0.15) is 0 Å². The number of allylic oxidation sites excluding steroid dienone is 2. The van der Waals surface area contributed by atoms with Gasteiger partial charge in [-0.25, -0.2) is 9.59 Å². The molecule has 0 radical (unpaired) electrons. The maximum absolute atomic E-state index is 13.9. The molecule has 4 saturated carbocycles. The van der Waals surface area contributed by atoms with Crippen molar-refractivity contribution < 1.29 is 19.8 Å². The minimum Gasteiger partial charge on any atom is -0.478 e. The van der Waals surface area contributed by atoms with Gasteiger partial charge in [-0.15, -0.1) is 0 Å². The topological polar surface area (TPSA) is 93.1 Å². The molecule has 1 heterocycles. The van der Waals surface area contributed by atoms with E-state index in [2.05, 4.69) is 48.9 Å². The molecular weight excluding hydrogens is 586 g/mol. The fourth-order valence-electron chi connectivity index (χ4n) is 13.0. The average Bonchev–Trinajstić information content (AvgIpc) is 3.31. The van der Waals surface area contributed by atoms with Gasteiger partial charge in [0, 0.05) is 31.7 Å². The predicted octanol–water partition coefficient (Wildman–Crippen LogP) is 7.31. The molecule has 0 spiro atoms. The van der Waals surface area contributed by atoms with Crippen molar-refractivity contribution in [2.24, 2.45) is 45.8 Å². The summed E-state index contributed by atoms with van der Waals surface area (Å²) >= 11 is 0. The van der Waals surface area contributed by atoms with Crippen LogP contribution >= 0.6 is 0 Å². The van der Waals surface area contributed by atoms with Crippen LogP contribution < -0.4 is 5.32 Å². The van der Waals surface area contributed by atoms with Crippen molar-refractivity contribution in [3.8, 4) is 0 Å². The summed E-state index contributed by atoms with van der Waals surface area (Å²) < 4.78 is 0. The van der Waals surface area contributed by atoms with Gasteiger partial charge in [-0.05, 0) is 140 Å². The fraction of sp³-hybridized carbons (Fsp3) is 0.750. The number of carboxylic acids is 1. The Morgan fingerprint density at radius 1 is 0.851 bits per heavy atom. The largest absolute Gasteiger partial charge is 0.478 e. The third-order valence-electron chi connectivity index (χ3n) is 15.7. The van der Waals surface area contributed by atoms with Crippen LogP contribution in [0.15, 0.2) is 30.3 Å². The molecule has 5 fully saturated rings. The summed E-state index contributed by atoms with van der Waals surface area (Å²) in [5.41, 5.74) is 3.71. The van der Waals surface area contributed by atoms with E-state index in [0.717, 1.165) is 51.9 Å². The van der Waals surface area contributed by atoms with Crippen molar-refractivity contribution in [3.05, 3.63) is 41.5 Å². The Hall–Kier alpha value is -2.38. The number of rotatable bonds is 5. The summed E-state index contributed by atoms with van der Waals surface area (Å²) in [6.07, 6.45) is 15.6. The maximum Gasteiger partial charge on any atom is 0.335 e. The van der Waals surface area contributed by atoms with Gasteiger partial charge in [-0.2, -0.15) is 0 Å². The molecule has 1 aromatic rings. The van der Waals surface area contributed by atoms with Crippen molar-refractivity contribution in [1.82, 2.24) is 15.1 Å². The number of amides is 2. The number of β-amino-alcohol motifs (C(OH)–C–C–N with tert-alkyl or cyclic N) is 1. The van der Waals surface area contributed by atoms with Gasteiger partial charge < -0.3 is 20.4 Å². The highest BCUT2D eigenvalue weighted by atomic mass is 16.4. The standard InChI is InChI=1S/C40H59N3O4/c1-27-30(28-8-10-29(11-9-28)35(45)46)14-17-37(2)31(27)15-18-39(4)34(37)13-12-32-33-7-5-16-40(33,20-19-38(32,39)3)41-36(47)43-22-6-21-42(23-24-43)25-26-44/h8-11,14,27,31-34,44H,5-7,12-13,15-26H2,1-4H3,(H,41,47)(H,45,46)/t27?,31?,32?,33?,34?,37?,38-,39?,40?/m1/s1. The summed E-state index contributed by atoms with van der Waals surface area (Å²) in [6.45, 7) is 14.6. The summed E-state index contributed by atoms with van der Waals surface area (Å²) in [5.74, 6) is 2.14. The highest BCUT2D eigenvalue weighted by Crippen LogP contribution is 2.75. The molecular formula is C40H59N3O4. The Balaban J connectivity index is 1.10. The van der Waals surface area contributed by atoms with Crippen molar-refractivity contribution >= 4 is 17.6 Å². The molecule has 47 heavy (non-hydrogen) atoms. The number of nitrogens with zero attached hydrogens (tertiary/aromatic N) is 2. The summed E-state index contributed by atoms with van der Waals surface area (Å²) in [5, 5.41) is 22.6. The molecule has 0 aromatic heterocycles. The van der Waals surface area contributed by atoms with E-state index in [9.17, 15) is 19.8 Å². The van der Waals surface area contributed by atoms with Crippen LogP contribution in [0.25, 0.3) is 5.57 Å². The average molecular weight is 646 g/mol. The monoisotopic (exact) mass is 645 g/mol. The number of benzene rings is 1. The van der Waals surface area contributed by atoms with E-state index in [0.29, 0.717) is 41.7 Å². The second-order valence-electron chi connectivity index (χ2n) is 17.2. The van der Waals surface area contributed by atoms with Gasteiger partial charge in [-0.1, -0.05) is 52.3 Å². The SMILES string of the molecule is CC1C(c2ccc(C(=O)O)cc2)=CCC2(C)C1CCC1(C)C2CCC2C3CCCC3(NC(=O)N3CCCN(CCO)CC3)CC[C@]21C. The number of aliphatic hydroxyl groups is 1. The first-order chi connectivity index (χ1) is 22.5. The van der Waals surface area contributed by atoms with Gasteiger partial charge in [0.05, 0.1) is 12.2 Å². The molecule has 7 heteroatoms. The number of carbonyl (C=O) groups excluding carboxylic acids is 1. The fourth-order valence-corrected chi connectivity index (χ4v) is 13.0. The number of carbonyl (C=O) groups is 2. The van der Waals surface area contributed by atoms with Gasteiger partial charge in [0.2, 0.25) is 0 Å². The van der Waals surface area contributed by atoms with Crippen molar-refractivity contribution in [2.75, 3.05) is 39.3 Å². The minimum absolute atomic E-state index is 0.0597. The summed E-state index contributed by atoms with van der Waals surface area (Å²) in [6, 6.07) is 7.70. The van der Waals surface area contributed by atoms with E-state index in [-0.39, 0.29) is 34.4 Å². The number of nitrogens with one attached hydrogen (secondary N) is 1. The van der Waals surface area contributed by atoms with Crippen LogP contribution in [0.4, 0.5) is 4.79 Å². The Morgan fingerprint density at radius 3 is 2.38 bits per heavy atom. The van der Waals surface area contributed by atoms with E-state index in [1.54, 1.807) is 12.1 Å². The number of hydrogen-bond donors (Lipinski definition) is 3. The van der Waals surface area contributed by atoms with Crippen LogP contribution in [0.1, 0.15) is 114 Å². The molecule has 8 unspecified atom stereocenters. The molecule has 7 rings (SSSR count). The number of aliphatic hydroxyl groups excluding tert-OH is 1. The van der Waals surface area contributed by atoms with E-state index >= 15 is 0 Å². The predicted molar refractivity (Wildman–Crippen MR) is 186 cm³/mol. The second kappa shape index (κ2) is 12.2. The van der Waals surface area contributed by atoms with E-state index in [1.807, 2.05) is 12.1 Å². The number of hydrogen-bond acceptors (Lipinski definition) is 4. The first-order valence-electron chi connectivity index (χ1n) is 18.9. The molecule has 1 aromatic carbocycles. The van der Waals surface area contributed by atoms with Gasteiger partial charge >= 0.3 is 12.0 Å². The first-order valence-corrected chi connectivity index (χ1v) is 18.9. The van der Waals surface area contributed by atoms with Crippen LogP contribution in [-0.2, 0) is 0 Å². The zero-order chi connectivity index (χ0) is 33.2. The lowest BCUT2D eigenvalue weighted by molar-refractivity contribution is -0.210. The van der Waals surface area contributed by atoms with Crippen molar-refractivity contribution in [1.29, 1.82) is 0 Å². The third-order valence-corrected chi connectivity index (χ3v) is 15.7. The Kier molecular flexibility index (Phi) is 8.59. The number of aromatic carboxylic acids is 1. The van der Waals surface area contributed by atoms with Crippen LogP contribution in [0.5, 0.6) is 0 Å². The van der Waals surface area contributed by atoms with Crippen molar-refractivity contribution in [2.45, 2.75) is 104 Å². The minimum atomic E-state index is -0.867. The Morgan fingerprint density at radius 2 is 1.64 bits per heavy atom. The highest BCUT2D eigenvalue weighted by molar-refractivity contribution is 5.88. The molecule has 5 aliphatic carbocycles. The molecule has 1 aliphatic heterocycles. The quantitative estimate of drug-likeness (QED) is 0.313. The lowest BCUT2D eigenvalue weighted by Crippen LogP contribution is -2.67. The lowest BCUT2D eigenvalue weighted by atomic mass is 9.34.